The molecule has 0 spiro atoms. The number of nitrogens with zero attached hydrogens (tertiary/aromatic N) is 3. The summed E-state index contributed by atoms with van der Waals surface area (Å²) in [6.07, 6.45) is 1.34. The van der Waals surface area contributed by atoms with Gasteiger partial charge in [0.2, 0.25) is 0 Å². The van der Waals surface area contributed by atoms with Gasteiger partial charge in [-0.3, -0.25) is 0 Å². The third kappa shape index (κ3) is 2.24. The van der Waals surface area contributed by atoms with Crippen molar-refractivity contribution in [3.8, 4) is 17.9 Å². The quantitative estimate of drug-likeness (QED) is 0.854. The summed E-state index contributed by atoms with van der Waals surface area (Å²) < 4.78 is 6.18. The number of hydrogen-bond donors (Lipinski definition) is 1. The fourth-order valence-electron chi connectivity index (χ4n) is 1.37. The Labute approximate surface area is 108 Å². The summed E-state index contributed by atoms with van der Waals surface area (Å²) in [4.78, 5) is 4.34. The van der Waals surface area contributed by atoms with Gasteiger partial charge in [0.25, 0.3) is 0 Å². The highest BCUT2D eigenvalue weighted by Crippen LogP contribution is 2.31. The van der Waals surface area contributed by atoms with Crippen molar-refractivity contribution in [3.63, 3.8) is 0 Å². The number of thiazole rings is 1. The maximum atomic E-state index is 8.61. The highest BCUT2D eigenvalue weighted by Gasteiger charge is 2.07. The fraction of sp³-hybridized carbons (Fsp3) is 0.0833. The Bertz CT molecular complexity index is 674. The van der Waals surface area contributed by atoms with Crippen LogP contribution in [-0.2, 0) is 0 Å². The highest BCUT2D eigenvalue weighted by atomic mass is 32.1. The molecular weight excluding hydrogens is 248 g/mol. The van der Waals surface area contributed by atoms with E-state index in [1.54, 1.807) is 19.2 Å². The molecule has 1 N–H and O–H groups in total. The molecule has 0 aliphatic heterocycles. The number of fused-ring (bicyclic) bond motifs is 1. The number of anilines is 1. The van der Waals surface area contributed by atoms with Crippen LogP contribution < -0.4 is 10.1 Å². The van der Waals surface area contributed by atoms with E-state index in [0.29, 0.717) is 10.9 Å². The van der Waals surface area contributed by atoms with E-state index in [1.165, 1.54) is 17.5 Å². The Morgan fingerprint density at radius 3 is 2.89 bits per heavy atom. The Kier molecular flexibility index (Phi) is 3.42. The van der Waals surface area contributed by atoms with Crippen LogP contribution in [0.5, 0.6) is 5.75 Å². The van der Waals surface area contributed by atoms with Crippen LogP contribution in [0.2, 0.25) is 0 Å². The molecule has 88 valence electrons. The monoisotopic (exact) mass is 256 g/mol. The zero-order valence-electron chi connectivity index (χ0n) is 9.47. The third-order valence-corrected chi connectivity index (χ3v) is 3.13. The van der Waals surface area contributed by atoms with Crippen molar-refractivity contribution in [1.82, 2.24) is 4.98 Å². The number of nitriles is 2. The number of hydrogen-bond acceptors (Lipinski definition) is 6. The largest absolute Gasteiger partial charge is 0.494 e. The Morgan fingerprint density at radius 2 is 2.22 bits per heavy atom. The second-order valence-electron chi connectivity index (χ2n) is 3.25. The summed E-state index contributed by atoms with van der Waals surface area (Å²) in [7, 11) is 1.59. The molecule has 5 nitrogen and oxygen atoms in total. The van der Waals surface area contributed by atoms with E-state index in [1.807, 2.05) is 18.2 Å². The van der Waals surface area contributed by atoms with E-state index in [2.05, 4.69) is 10.3 Å². The minimum Gasteiger partial charge on any atom is -0.494 e. The van der Waals surface area contributed by atoms with Crippen LogP contribution in [0.3, 0.4) is 0 Å². The standard InChI is InChI=1S/C12H8N4OS/c1-17-9-3-2-4-10-11(9)16-12(18-10)15-7-8(5-13)6-14/h2-4,7H,1H3,(H,15,16). The second-order valence-corrected chi connectivity index (χ2v) is 4.28. The molecule has 6 heteroatoms. The van der Waals surface area contributed by atoms with Crippen LogP contribution in [0.15, 0.2) is 30.0 Å². The lowest BCUT2D eigenvalue weighted by atomic mass is 10.3. The zero-order valence-corrected chi connectivity index (χ0v) is 10.3. The van der Waals surface area contributed by atoms with Gasteiger partial charge in [-0.1, -0.05) is 17.4 Å². The number of allylic oxidation sites excluding steroid dienone is 1. The summed E-state index contributed by atoms with van der Waals surface area (Å²) in [5, 5.41) is 20.7. The topological polar surface area (TPSA) is 81.7 Å². The summed E-state index contributed by atoms with van der Waals surface area (Å²) in [6, 6.07) is 9.18. The fourth-order valence-corrected chi connectivity index (χ4v) is 2.23. The van der Waals surface area contributed by atoms with Crippen LogP contribution in [0, 0.1) is 22.7 Å². The molecule has 0 fully saturated rings. The molecular formula is C12H8N4OS. The smallest absolute Gasteiger partial charge is 0.188 e. The van der Waals surface area contributed by atoms with Crippen molar-refractivity contribution < 1.29 is 4.74 Å². The average molecular weight is 256 g/mol. The van der Waals surface area contributed by atoms with Gasteiger partial charge in [-0.2, -0.15) is 10.5 Å². The lowest BCUT2D eigenvalue weighted by molar-refractivity contribution is 0.419. The Morgan fingerprint density at radius 1 is 1.44 bits per heavy atom. The van der Waals surface area contributed by atoms with Crippen molar-refractivity contribution in [3.05, 3.63) is 30.0 Å². The van der Waals surface area contributed by atoms with E-state index >= 15 is 0 Å². The number of aromatic nitrogens is 1. The lowest BCUT2D eigenvalue weighted by Gasteiger charge is -1.97. The number of ether oxygens (including phenoxy) is 1. The molecule has 0 amide bonds. The first-order valence-electron chi connectivity index (χ1n) is 4.99. The van der Waals surface area contributed by atoms with Crippen molar-refractivity contribution in [2.75, 3.05) is 12.4 Å². The molecule has 0 saturated carbocycles. The lowest BCUT2D eigenvalue weighted by Crippen LogP contribution is -1.89. The molecule has 0 radical (unpaired) electrons. The summed E-state index contributed by atoms with van der Waals surface area (Å²) in [6.45, 7) is 0. The molecule has 0 unspecified atom stereocenters. The molecule has 0 atom stereocenters. The van der Waals surface area contributed by atoms with Gasteiger partial charge in [0, 0.05) is 6.20 Å². The zero-order chi connectivity index (χ0) is 13.0. The molecule has 0 aliphatic rings. The number of rotatable bonds is 3. The minimum absolute atomic E-state index is 0.00113. The van der Waals surface area contributed by atoms with Gasteiger partial charge < -0.3 is 10.1 Å². The third-order valence-electron chi connectivity index (χ3n) is 2.18. The summed E-state index contributed by atoms with van der Waals surface area (Å²) >= 11 is 1.42. The van der Waals surface area contributed by atoms with Crippen LogP contribution in [0.1, 0.15) is 0 Å². The molecule has 18 heavy (non-hydrogen) atoms. The van der Waals surface area contributed by atoms with Gasteiger partial charge in [-0.05, 0) is 12.1 Å². The average Bonchev–Trinajstić information content (AvgIpc) is 2.82. The first-order chi connectivity index (χ1) is 8.78. The first-order valence-corrected chi connectivity index (χ1v) is 5.80. The molecule has 0 saturated heterocycles. The van der Waals surface area contributed by atoms with Crippen LogP contribution in [0.4, 0.5) is 5.13 Å². The van der Waals surface area contributed by atoms with E-state index in [9.17, 15) is 0 Å². The maximum Gasteiger partial charge on any atom is 0.188 e. The van der Waals surface area contributed by atoms with Crippen LogP contribution >= 0.6 is 11.3 Å². The van der Waals surface area contributed by atoms with Crippen molar-refractivity contribution in [2.45, 2.75) is 0 Å². The van der Waals surface area contributed by atoms with Gasteiger partial charge in [0.15, 0.2) is 5.13 Å². The van der Waals surface area contributed by atoms with E-state index < -0.39 is 0 Å². The normalized spacial score (nSPS) is 9.28. The molecule has 2 aromatic rings. The summed E-state index contributed by atoms with van der Waals surface area (Å²) in [5.41, 5.74) is 0.762. The predicted octanol–water partition coefficient (Wildman–Crippen LogP) is 2.65. The summed E-state index contributed by atoms with van der Waals surface area (Å²) in [5.74, 6) is 0.696. The van der Waals surface area contributed by atoms with Gasteiger partial charge >= 0.3 is 0 Å². The van der Waals surface area contributed by atoms with Gasteiger partial charge in [0.1, 0.15) is 29.0 Å². The predicted molar refractivity (Wildman–Crippen MR) is 69.1 cm³/mol. The van der Waals surface area contributed by atoms with E-state index in [-0.39, 0.29) is 5.57 Å². The molecule has 0 bridgehead atoms. The number of benzene rings is 1. The van der Waals surface area contributed by atoms with E-state index in [4.69, 9.17) is 15.3 Å². The highest BCUT2D eigenvalue weighted by molar-refractivity contribution is 7.22. The number of para-hydroxylation sites is 1. The van der Waals surface area contributed by atoms with Crippen LogP contribution in [0.25, 0.3) is 10.2 Å². The van der Waals surface area contributed by atoms with Crippen LogP contribution in [-0.4, -0.2) is 12.1 Å². The minimum atomic E-state index is 0.00113. The van der Waals surface area contributed by atoms with Gasteiger partial charge in [0.05, 0.1) is 11.8 Å². The molecule has 0 aliphatic carbocycles. The molecule has 1 aromatic carbocycles. The van der Waals surface area contributed by atoms with Gasteiger partial charge in [-0.25, -0.2) is 4.98 Å². The number of methoxy groups -OCH3 is 1. The number of nitrogens with one attached hydrogen (secondary N) is 1. The van der Waals surface area contributed by atoms with Gasteiger partial charge in [-0.15, -0.1) is 0 Å². The Hall–Kier alpha value is -2.57. The van der Waals surface area contributed by atoms with Crippen molar-refractivity contribution in [2.24, 2.45) is 0 Å². The maximum absolute atomic E-state index is 8.61. The molecule has 2 rings (SSSR count). The second kappa shape index (κ2) is 5.17. The molecule has 1 aromatic heterocycles. The SMILES string of the molecule is COc1cccc2sc(NC=C(C#N)C#N)nc12. The Balaban J connectivity index is 2.35. The van der Waals surface area contributed by atoms with Crippen molar-refractivity contribution >= 4 is 26.7 Å². The first kappa shape index (κ1) is 11.9. The molecule has 1 heterocycles. The van der Waals surface area contributed by atoms with E-state index in [0.717, 1.165) is 10.2 Å². The van der Waals surface area contributed by atoms with Crippen molar-refractivity contribution in [1.29, 1.82) is 10.5 Å².